The van der Waals surface area contributed by atoms with Crippen molar-refractivity contribution < 1.29 is 4.79 Å². The zero-order valence-electron chi connectivity index (χ0n) is 8.70. The van der Waals surface area contributed by atoms with Crippen molar-refractivity contribution in [1.29, 1.82) is 0 Å². The number of carbonyl (C=O) groups excluding carboxylic acids is 1. The van der Waals surface area contributed by atoms with Crippen LogP contribution in [0.1, 0.15) is 17.5 Å². The van der Waals surface area contributed by atoms with Crippen molar-refractivity contribution in [2.24, 2.45) is 0 Å². The molecule has 16 heavy (non-hydrogen) atoms. The van der Waals surface area contributed by atoms with Crippen molar-refractivity contribution in [3.63, 3.8) is 0 Å². The molecule has 2 rings (SSSR count). The molecule has 1 aromatic heterocycles. The quantitative estimate of drug-likeness (QED) is 0.867. The van der Waals surface area contributed by atoms with Gasteiger partial charge in [-0.2, -0.15) is 0 Å². The number of nitrogens with one attached hydrogen (secondary N) is 1. The van der Waals surface area contributed by atoms with Gasteiger partial charge in [-0.05, 0) is 25.1 Å². The predicted octanol–water partition coefficient (Wildman–Crippen LogP) is 2.03. The SMILES string of the molecule is CCNC(=O)c1ncc2ccc(Cl)cc2n1. The Hall–Kier alpha value is -1.68. The van der Waals surface area contributed by atoms with Gasteiger partial charge in [-0.15, -0.1) is 0 Å². The molecule has 0 unspecified atom stereocenters. The smallest absolute Gasteiger partial charge is 0.289 e. The number of carbonyl (C=O) groups is 1. The third-order valence-electron chi connectivity index (χ3n) is 2.09. The highest BCUT2D eigenvalue weighted by atomic mass is 35.5. The van der Waals surface area contributed by atoms with Crippen LogP contribution in [0.5, 0.6) is 0 Å². The summed E-state index contributed by atoms with van der Waals surface area (Å²) in [7, 11) is 0. The third kappa shape index (κ3) is 2.12. The van der Waals surface area contributed by atoms with Gasteiger partial charge in [0.1, 0.15) is 0 Å². The van der Waals surface area contributed by atoms with E-state index in [9.17, 15) is 4.79 Å². The Kier molecular flexibility index (Phi) is 3.01. The van der Waals surface area contributed by atoms with E-state index < -0.39 is 0 Å². The fourth-order valence-electron chi connectivity index (χ4n) is 1.35. The molecule has 82 valence electrons. The zero-order valence-corrected chi connectivity index (χ0v) is 9.45. The standard InChI is InChI=1S/C11H10ClN3O/c1-2-13-11(16)10-14-6-7-3-4-8(12)5-9(7)15-10/h3-6H,2H2,1H3,(H,13,16). The van der Waals surface area contributed by atoms with E-state index >= 15 is 0 Å². The molecule has 4 nitrogen and oxygen atoms in total. The highest BCUT2D eigenvalue weighted by Gasteiger charge is 2.08. The van der Waals surface area contributed by atoms with E-state index in [1.54, 1.807) is 18.3 Å². The third-order valence-corrected chi connectivity index (χ3v) is 2.32. The van der Waals surface area contributed by atoms with Crippen LogP contribution in [-0.4, -0.2) is 22.4 Å². The largest absolute Gasteiger partial charge is 0.350 e. The molecule has 0 spiro atoms. The zero-order chi connectivity index (χ0) is 11.5. The van der Waals surface area contributed by atoms with E-state index in [4.69, 9.17) is 11.6 Å². The van der Waals surface area contributed by atoms with E-state index in [1.165, 1.54) is 0 Å². The second-order valence-corrected chi connectivity index (χ2v) is 3.69. The predicted molar refractivity (Wildman–Crippen MR) is 62.6 cm³/mol. The molecule has 5 heteroatoms. The summed E-state index contributed by atoms with van der Waals surface area (Å²) < 4.78 is 0. The lowest BCUT2D eigenvalue weighted by atomic mass is 10.2. The van der Waals surface area contributed by atoms with Crippen LogP contribution in [0.15, 0.2) is 24.4 Å². The van der Waals surface area contributed by atoms with Gasteiger partial charge in [-0.3, -0.25) is 4.79 Å². The van der Waals surface area contributed by atoms with E-state index in [-0.39, 0.29) is 11.7 Å². The number of amides is 1. The number of hydrogen-bond acceptors (Lipinski definition) is 3. The molecule has 1 aromatic carbocycles. The topological polar surface area (TPSA) is 54.9 Å². The molecular formula is C11H10ClN3O. The van der Waals surface area contributed by atoms with Crippen molar-refractivity contribution in [3.8, 4) is 0 Å². The van der Waals surface area contributed by atoms with Gasteiger partial charge >= 0.3 is 0 Å². The van der Waals surface area contributed by atoms with Crippen LogP contribution >= 0.6 is 11.6 Å². The molecule has 0 radical (unpaired) electrons. The Bertz CT molecular complexity index is 542. The van der Waals surface area contributed by atoms with Gasteiger partial charge in [0.15, 0.2) is 0 Å². The molecule has 1 N–H and O–H groups in total. The maximum absolute atomic E-state index is 11.5. The molecule has 0 saturated carbocycles. The first kappa shape index (κ1) is 10.8. The normalized spacial score (nSPS) is 10.4. The average molecular weight is 236 g/mol. The Labute approximate surface area is 97.7 Å². The van der Waals surface area contributed by atoms with E-state index in [0.717, 1.165) is 5.39 Å². The minimum Gasteiger partial charge on any atom is -0.350 e. The van der Waals surface area contributed by atoms with Crippen LogP contribution < -0.4 is 5.32 Å². The van der Waals surface area contributed by atoms with Gasteiger partial charge < -0.3 is 5.32 Å². The molecular weight excluding hydrogens is 226 g/mol. The van der Waals surface area contributed by atoms with E-state index in [0.29, 0.717) is 17.1 Å². The maximum atomic E-state index is 11.5. The lowest BCUT2D eigenvalue weighted by molar-refractivity contribution is 0.0946. The summed E-state index contributed by atoms with van der Waals surface area (Å²) in [5, 5.41) is 4.09. The molecule has 2 aromatic rings. The van der Waals surface area contributed by atoms with Crippen molar-refractivity contribution in [3.05, 3.63) is 35.2 Å². The summed E-state index contributed by atoms with van der Waals surface area (Å²) in [4.78, 5) is 19.6. The van der Waals surface area contributed by atoms with E-state index in [1.807, 2.05) is 13.0 Å². The van der Waals surface area contributed by atoms with Crippen LogP contribution in [0.2, 0.25) is 5.02 Å². The van der Waals surface area contributed by atoms with Gasteiger partial charge in [-0.1, -0.05) is 11.6 Å². The average Bonchev–Trinajstić information content (AvgIpc) is 2.28. The fourth-order valence-corrected chi connectivity index (χ4v) is 1.51. The van der Waals surface area contributed by atoms with Crippen molar-refractivity contribution in [2.45, 2.75) is 6.92 Å². The number of fused-ring (bicyclic) bond motifs is 1. The number of hydrogen-bond donors (Lipinski definition) is 1. The van der Waals surface area contributed by atoms with Crippen molar-refractivity contribution >= 4 is 28.4 Å². The summed E-state index contributed by atoms with van der Waals surface area (Å²) in [6.45, 7) is 2.39. The van der Waals surface area contributed by atoms with Gasteiger partial charge in [0.25, 0.3) is 5.91 Å². The molecule has 1 amide bonds. The number of halogens is 1. The van der Waals surface area contributed by atoms with E-state index in [2.05, 4.69) is 15.3 Å². The number of rotatable bonds is 2. The molecule has 0 aliphatic rings. The second-order valence-electron chi connectivity index (χ2n) is 3.26. The van der Waals surface area contributed by atoms with Gasteiger partial charge in [0, 0.05) is 23.2 Å². The Morgan fingerprint density at radius 1 is 1.50 bits per heavy atom. The Balaban J connectivity index is 2.46. The summed E-state index contributed by atoms with van der Waals surface area (Å²) >= 11 is 5.85. The number of benzene rings is 1. The lowest BCUT2D eigenvalue weighted by Gasteiger charge is -2.02. The highest BCUT2D eigenvalue weighted by Crippen LogP contribution is 2.16. The first-order valence-corrected chi connectivity index (χ1v) is 5.29. The van der Waals surface area contributed by atoms with Crippen LogP contribution in [0.3, 0.4) is 0 Å². The van der Waals surface area contributed by atoms with Crippen molar-refractivity contribution in [2.75, 3.05) is 6.54 Å². The summed E-state index contributed by atoms with van der Waals surface area (Å²) in [5.41, 5.74) is 0.670. The molecule has 0 aliphatic heterocycles. The van der Waals surface area contributed by atoms with Crippen LogP contribution in [0.4, 0.5) is 0 Å². The first-order valence-electron chi connectivity index (χ1n) is 4.91. The van der Waals surface area contributed by atoms with Gasteiger partial charge in [-0.25, -0.2) is 9.97 Å². The number of aromatic nitrogens is 2. The van der Waals surface area contributed by atoms with Crippen LogP contribution in [0, 0.1) is 0 Å². The van der Waals surface area contributed by atoms with Crippen molar-refractivity contribution in [1.82, 2.24) is 15.3 Å². The minimum absolute atomic E-state index is 0.164. The Morgan fingerprint density at radius 3 is 3.06 bits per heavy atom. The molecule has 0 bridgehead atoms. The second kappa shape index (κ2) is 4.45. The fraction of sp³-hybridized carbons (Fsp3) is 0.182. The minimum atomic E-state index is -0.274. The summed E-state index contributed by atoms with van der Waals surface area (Å²) in [6, 6.07) is 5.29. The van der Waals surface area contributed by atoms with Gasteiger partial charge in [0.2, 0.25) is 5.82 Å². The summed E-state index contributed by atoms with van der Waals surface area (Å²) in [5.74, 6) is -0.110. The molecule has 0 atom stereocenters. The molecule has 0 fully saturated rings. The van der Waals surface area contributed by atoms with Crippen LogP contribution in [0.25, 0.3) is 10.9 Å². The monoisotopic (exact) mass is 235 g/mol. The molecule has 0 aliphatic carbocycles. The maximum Gasteiger partial charge on any atom is 0.289 e. The highest BCUT2D eigenvalue weighted by molar-refractivity contribution is 6.31. The first-order chi connectivity index (χ1) is 7.70. The number of nitrogens with zero attached hydrogens (tertiary/aromatic N) is 2. The lowest BCUT2D eigenvalue weighted by Crippen LogP contribution is -2.24. The molecule has 1 heterocycles. The van der Waals surface area contributed by atoms with Gasteiger partial charge in [0.05, 0.1) is 5.52 Å². The Morgan fingerprint density at radius 2 is 2.31 bits per heavy atom. The summed E-state index contributed by atoms with van der Waals surface area (Å²) in [6.07, 6.45) is 1.61. The molecule has 0 saturated heterocycles. The van der Waals surface area contributed by atoms with Crippen LogP contribution in [-0.2, 0) is 0 Å².